The monoisotopic (exact) mass is 179 g/mol. The normalized spacial score (nSPS) is 19.8. The molecule has 12 heavy (non-hydrogen) atoms. The molecular formula is C7H11F2NO2. The second-order valence-electron chi connectivity index (χ2n) is 2.99. The van der Waals surface area contributed by atoms with Crippen LogP contribution in [0.3, 0.4) is 0 Å². The number of hydrogen-bond donors (Lipinski definition) is 1. The van der Waals surface area contributed by atoms with Crippen LogP contribution in [-0.4, -0.2) is 41.5 Å². The summed E-state index contributed by atoms with van der Waals surface area (Å²) in [6.45, 7) is 0.522. The fourth-order valence-electron chi connectivity index (χ4n) is 1.29. The summed E-state index contributed by atoms with van der Waals surface area (Å²) in [5, 5.41) is 8.12. The summed E-state index contributed by atoms with van der Waals surface area (Å²) in [6, 6.07) is 0. The van der Waals surface area contributed by atoms with Crippen LogP contribution in [0.5, 0.6) is 0 Å². The molecule has 0 radical (unpaired) electrons. The highest BCUT2D eigenvalue weighted by Crippen LogP contribution is 2.18. The van der Waals surface area contributed by atoms with Crippen molar-refractivity contribution in [2.75, 3.05) is 19.6 Å². The van der Waals surface area contributed by atoms with Gasteiger partial charge in [-0.15, -0.1) is 0 Å². The van der Waals surface area contributed by atoms with Crippen LogP contribution in [0.4, 0.5) is 8.78 Å². The Morgan fingerprint density at radius 1 is 1.42 bits per heavy atom. The summed E-state index contributed by atoms with van der Waals surface area (Å²) in [4.78, 5) is 11.5. The predicted molar refractivity (Wildman–Crippen MR) is 38.3 cm³/mol. The third kappa shape index (κ3) is 2.14. The summed E-state index contributed by atoms with van der Waals surface area (Å²) in [5.74, 6) is -5.63. The van der Waals surface area contributed by atoms with Crippen LogP contribution < -0.4 is 0 Å². The van der Waals surface area contributed by atoms with Crippen LogP contribution in [0.15, 0.2) is 0 Å². The Labute approximate surface area is 69.0 Å². The minimum Gasteiger partial charge on any atom is -0.477 e. The fraction of sp³-hybridized carbons (Fsp3) is 0.857. The van der Waals surface area contributed by atoms with Crippen molar-refractivity contribution in [3.8, 4) is 0 Å². The molecule has 0 aromatic heterocycles. The smallest absolute Gasteiger partial charge is 0.375 e. The van der Waals surface area contributed by atoms with E-state index < -0.39 is 18.4 Å². The van der Waals surface area contributed by atoms with E-state index in [2.05, 4.69) is 0 Å². The molecular weight excluding hydrogens is 168 g/mol. The first-order chi connectivity index (χ1) is 5.52. The van der Waals surface area contributed by atoms with E-state index in [0.29, 0.717) is 13.1 Å². The van der Waals surface area contributed by atoms with Gasteiger partial charge in [-0.2, -0.15) is 8.78 Å². The van der Waals surface area contributed by atoms with Crippen molar-refractivity contribution in [3.63, 3.8) is 0 Å². The van der Waals surface area contributed by atoms with Gasteiger partial charge in [0.15, 0.2) is 0 Å². The van der Waals surface area contributed by atoms with Crippen LogP contribution in [0.2, 0.25) is 0 Å². The lowest BCUT2D eigenvalue weighted by Gasteiger charge is -2.19. The van der Waals surface area contributed by atoms with Crippen molar-refractivity contribution >= 4 is 5.97 Å². The van der Waals surface area contributed by atoms with E-state index in [1.54, 1.807) is 0 Å². The van der Waals surface area contributed by atoms with Gasteiger partial charge < -0.3 is 5.11 Å². The molecule has 3 nitrogen and oxygen atoms in total. The molecule has 1 rings (SSSR count). The number of rotatable bonds is 3. The van der Waals surface area contributed by atoms with Gasteiger partial charge >= 0.3 is 11.9 Å². The average Bonchev–Trinajstić information content (AvgIpc) is 2.38. The zero-order valence-corrected chi connectivity index (χ0v) is 6.59. The fourth-order valence-corrected chi connectivity index (χ4v) is 1.29. The minimum atomic E-state index is -3.59. The highest BCUT2D eigenvalue weighted by molar-refractivity contribution is 5.75. The van der Waals surface area contributed by atoms with Crippen molar-refractivity contribution in [2.45, 2.75) is 18.8 Å². The molecule has 0 atom stereocenters. The van der Waals surface area contributed by atoms with Crippen LogP contribution in [0, 0.1) is 0 Å². The first-order valence-corrected chi connectivity index (χ1v) is 3.86. The maximum atomic E-state index is 12.6. The van der Waals surface area contributed by atoms with Gasteiger partial charge in [-0.05, 0) is 25.9 Å². The van der Waals surface area contributed by atoms with E-state index >= 15 is 0 Å². The van der Waals surface area contributed by atoms with Gasteiger partial charge in [0.25, 0.3) is 0 Å². The highest BCUT2D eigenvalue weighted by Gasteiger charge is 2.40. The number of nitrogens with zero attached hydrogens (tertiary/aromatic N) is 1. The predicted octanol–water partition coefficient (Wildman–Crippen LogP) is 0.802. The number of carbonyl (C=O) groups is 1. The van der Waals surface area contributed by atoms with E-state index in [-0.39, 0.29) is 0 Å². The van der Waals surface area contributed by atoms with Gasteiger partial charge in [0, 0.05) is 0 Å². The maximum Gasteiger partial charge on any atom is 0.375 e. The lowest BCUT2D eigenvalue weighted by molar-refractivity contribution is -0.167. The Morgan fingerprint density at radius 3 is 2.33 bits per heavy atom. The number of carboxylic acids is 1. The molecule has 1 aliphatic heterocycles. The Kier molecular flexibility index (Phi) is 2.62. The van der Waals surface area contributed by atoms with Gasteiger partial charge in [0.1, 0.15) is 0 Å². The molecule has 1 N–H and O–H groups in total. The summed E-state index contributed by atoms with van der Waals surface area (Å²) in [6.07, 6.45) is 1.77. The topological polar surface area (TPSA) is 40.5 Å². The molecule has 5 heteroatoms. The van der Waals surface area contributed by atoms with Crippen molar-refractivity contribution in [3.05, 3.63) is 0 Å². The third-order valence-electron chi connectivity index (χ3n) is 1.93. The SMILES string of the molecule is O=C(O)C(F)(F)CN1CCCC1. The summed E-state index contributed by atoms with van der Waals surface area (Å²) >= 11 is 0. The van der Waals surface area contributed by atoms with Gasteiger partial charge in [-0.3, -0.25) is 4.90 Å². The Bertz CT molecular complexity index is 178. The number of alkyl halides is 2. The first-order valence-electron chi connectivity index (χ1n) is 3.86. The molecule has 1 saturated heterocycles. The highest BCUT2D eigenvalue weighted by atomic mass is 19.3. The summed E-state index contributed by atoms with van der Waals surface area (Å²) in [7, 11) is 0. The van der Waals surface area contributed by atoms with Crippen LogP contribution >= 0.6 is 0 Å². The standard InChI is InChI=1S/C7H11F2NO2/c8-7(9,6(11)12)5-10-3-1-2-4-10/h1-5H2,(H,11,12). The molecule has 0 amide bonds. The van der Waals surface area contributed by atoms with Gasteiger partial charge in [-0.1, -0.05) is 0 Å². The quantitative estimate of drug-likeness (QED) is 0.696. The number of likely N-dealkylation sites (tertiary alicyclic amines) is 1. The molecule has 1 aliphatic rings. The van der Waals surface area contributed by atoms with Crippen molar-refractivity contribution in [2.24, 2.45) is 0 Å². The molecule has 0 saturated carbocycles. The first kappa shape index (κ1) is 9.38. The Morgan fingerprint density at radius 2 is 1.92 bits per heavy atom. The molecule has 0 unspecified atom stereocenters. The van der Waals surface area contributed by atoms with Gasteiger partial charge in [0.05, 0.1) is 6.54 Å². The van der Waals surface area contributed by atoms with E-state index in [4.69, 9.17) is 5.11 Å². The lowest BCUT2D eigenvalue weighted by Crippen LogP contribution is -2.41. The second kappa shape index (κ2) is 3.35. The molecule has 0 aromatic carbocycles. The summed E-state index contributed by atoms with van der Waals surface area (Å²) in [5.41, 5.74) is 0. The molecule has 0 aliphatic carbocycles. The van der Waals surface area contributed by atoms with Gasteiger partial charge in [0.2, 0.25) is 0 Å². The number of carboxylic acid groups (broad SMARTS) is 1. The Balaban J connectivity index is 2.42. The van der Waals surface area contributed by atoms with E-state index in [1.807, 2.05) is 0 Å². The maximum absolute atomic E-state index is 12.6. The third-order valence-corrected chi connectivity index (χ3v) is 1.93. The number of halogens is 2. The van der Waals surface area contributed by atoms with Crippen LogP contribution in [0.25, 0.3) is 0 Å². The van der Waals surface area contributed by atoms with E-state index in [9.17, 15) is 13.6 Å². The van der Waals surface area contributed by atoms with E-state index in [1.165, 1.54) is 4.90 Å². The number of aliphatic carboxylic acids is 1. The minimum absolute atomic E-state index is 0.586. The largest absolute Gasteiger partial charge is 0.477 e. The zero-order chi connectivity index (χ0) is 9.19. The molecule has 0 spiro atoms. The lowest BCUT2D eigenvalue weighted by atomic mass is 10.3. The van der Waals surface area contributed by atoms with Crippen LogP contribution in [-0.2, 0) is 4.79 Å². The molecule has 0 bridgehead atoms. The zero-order valence-electron chi connectivity index (χ0n) is 6.59. The number of hydrogen-bond acceptors (Lipinski definition) is 2. The van der Waals surface area contributed by atoms with Crippen LogP contribution in [0.1, 0.15) is 12.8 Å². The molecule has 1 fully saturated rings. The molecule has 0 aromatic rings. The Hall–Kier alpha value is -0.710. The molecule has 70 valence electrons. The van der Waals surface area contributed by atoms with Crippen molar-refractivity contribution in [1.29, 1.82) is 0 Å². The molecule has 1 heterocycles. The van der Waals surface area contributed by atoms with E-state index in [0.717, 1.165) is 12.8 Å². The summed E-state index contributed by atoms with van der Waals surface area (Å²) < 4.78 is 25.1. The van der Waals surface area contributed by atoms with Crippen molar-refractivity contribution in [1.82, 2.24) is 4.90 Å². The average molecular weight is 179 g/mol. The van der Waals surface area contributed by atoms with Gasteiger partial charge in [-0.25, -0.2) is 4.79 Å². The van der Waals surface area contributed by atoms with Crippen molar-refractivity contribution < 1.29 is 18.7 Å². The second-order valence-corrected chi connectivity index (χ2v) is 2.99.